The van der Waals surface area contributed by atoms with Gasteiger partial charge in [-0.1, -0.05) is 24.3 Å². The number of hydrogen-bond donors (Lipinski definition) is 1. The lowest BCUT2D eigenvalue weighted by atomic mass is 10.1. The number of rotatable bonds is 5. The second-order valence-corrected chi connectivity index (χ2v) is 8.89. The van der Waals surface area contributed by atoms with Crippen LogP contribution in [0.2, 0.25) is 0 Å². The van der Waals surface area contributed by atoms with Crippen LogP contribution in [0.5, 0.6) is 0 Å². The number of carbonyl (C=O) groups excluding carboxylic acids is 2. The van der Waals surface area contributed by atoms with Gasteiger partial charge in [0.2, 0.25) is 11.8 Å². The van der Waals surface area contributed by atoms with Crippen molar-refractivity contribution >= 4 is 46.3 Å². The molecule has 148 valence electrons. The fraction of sp³-hybridized carbons (Fsp3) is 0.182. The van der Waals surface area contributed by atoms with E-state index in [0.29, 0.717) is 29.1 Å². The third-order valence-corrected chi connectivity index (χ3v) is 6.78. The van der Waals surface area contributed by atoms with Crippen molar-refractivity contribution in [3.63, 3.8) is 0 Å². The molecule has 1 saturated heterocycles. The molecular formula is C22H19FN2O2S2. The minimum absolute atomic E-state index is 0.0448. The Kier molecular flexibility index (Phi) is 5.69. The van der Waals surface area contributed by atoms with Gasteiger partial charge in [0.1, 0.15) is 11.2 Å². The smallest absolute Gasteiger partial charge is 0.238 e. The fourth-order valence-corrected chi connectivity index (χ4v) is 5.07. The van der Waals surface area contributed by atoms with Gasteiger partial charge >= 0.3 is 0 Å². The van der Waals surface area contributed by atoms with E-state index >= 15 is 0 Å². The van der Waals surface area contributed by atoms with Crippen LogP contribution in [-0.2, 0) is 16.0 Å². The number of amides is 2. The van der Waals surface area contributed by atoms with Crippen LogP contribution in [-0.4, -0.2) is 17.6 Å². The van der Waals surface area contributed by atoms with Crippen molar-refractivity contribution in [2.75, 3.05) is 16.0 Å². The highest BCUT2D eigenvalue weighted by molar-refractivity contribution is 8.00. The molecule has 1 aliphatic heterocycles. The van der Waals surface area contributed by atoms with E-state index in [4.69, 9.17) is 0 Å². The second-order valence-electron chi connectivity index (χ2n) is 6.79. The van der Waals surface area contributed by atoms with Crippen molar-refractivity contribution in [2.24, 2.45) is 0 Å². The fourth-order valence-electron chi connectivity index (χ4n) is 3.19. The average molecular weight is 427 g/mol. The molecule has 4 rings (SSSR count). The molecule has 1 unspecified atom stereocenters. The number of nitrogens with zero attached hydrogens (tertiary/aromatic N) is 1. The quantitative estimate of drug-likeness (QED) is 0.613. The zero-order valence-electron chi connectivity index (χ0n) is 15.7. The third-order valence-electron chi connectivity index (χ3n) is 4.70. The molecule has 1 fully saturated rings. The van der Waals surface area contributed by atoms with Crippen LogP contribution in [0.4, 0.5) is 15.8 Å². The molecular weight excluding hydrogens is 407 g/mol. The Morgan fingerprint density at radius 1 is 1.21 bits per heavy atom. The zero-order valence-corrected chi connectivity index (χ0v) is 17.4. The van der Waals surface area contributed by atoms with Gasteiger partial charge in [0.15, 0.2) is 0 Å². The van der Waals surface area contributed by atoms with Crippen molar-refractivity contribution in [1.82, 2.24) is 0 Å². The maximum atomic E-state index is 14.0. The first kappa shape index (κ1) is 19.7. The number of thioether (sulfide) groups is 1. The van der Waals surface area contributed by atoms with Crippen LogP contribution < -0.4 is 10.2 Å². The van der Waals surface area contributed by atoms with E-state index in [1.165, 1.54) is 17.8 Å². The van der Waals surface area contributed by atoms with Gasteiger partial charge in [-0.25, -0.2) is 4.39 Å². The topological polar surface area (TPSA) is 49.4 Å². The van der Waals surface area contributed by atoms with Crippen molar-refractivity contribution in [3.05, 3.63) is 81.8 Å². The van der Waals surface area contributed by atoms with Gasteiger partial charge in [-0.05, 0) is 53.8 Å². The van der Waals surface area contributed by atoms with Crippen LogP contribution in [0.1, 0.15) is 21.4 Å². The standard InChI is InChI=1S/C22H19FN2O2S2/c1-14-4-9-17(11-19(14)23)25-21(27)13-29-22(25)15-5-7-16(8-6-15)24-20(26)12-18-3-2-10-28-18/h2-11,22H,12-13H2,1H3,(H,24,26). The number of nitrogens with one attached hydrogen (secondary N) is 1. The summed E-state index contributed by atoms with van der Waals surface area (Å²) in [6.45, 7) is 1.70. The molecule has 7 heteroatoms. The Morgan fingerprint density at radius 3 is 2.69 bits per heavy atom. The molecule has 1 atom stereocenters. The van der Waals surface area contributed by atoms with Crippen LogP contribution in [0.25, 0.3) is 0 Å². The molecule has 2 heterocycles. The van der Waals surface area contributed by atoms with E-state index in [9.17, 15) is 14.0 Å². The first-order valence-electron chi connectivity index (χ1n) is 9.13. The summed E-state index contributed by atoms with van der Waals surface area (Å²) in [5.41, 5.74) is 2.74. The molecule has 29 heavy (non-hydrogen) atoms. The molecule has 0 aliphatic carbocycles. The van der Waals surface area contributed by atoms with E-state index in [0.717, 1.165) is 10.4 Å². The van der Waals surface area contributed by atoms with Gasteiger partial charge in [0.05, 0.1) is 12.2 Å². The highest BCUT2D eigenvalue weighted by Crippen LogP contribution is 2.42. The van der Waals surface area contributed by atoms with Gasteiger partial charge in [-0.2, -0.15) is 0 Å². The highest BCUT2D eigenvalue weighted by Gasteiger charge is 2.34. The number of carbonyl (C=O) groups is 2. The Balaban J connectivity index is 1.49. The monoisotopic (exact) mass is 426 g/mol. The molecule has 0 spiro atoms. The number of anilines is 2. The summed E-state index contributed by atoms with van der Waals surface area (Å²) in [6, 6.07) is 16.2. The SMILES string of the molecule is Cc1ccc(N2C(=O)CSC2c2ccc(NC(=O)Cc3cccs3)cc2)cc1F. The predicted molar refractivity (Wildman–Crippen MR) is 117 cm³/mol. The average Bonchev–Trinajstić information content (AvgIpc) is 3.34. The summed E-state index contributed by atoms with van der Waals surface area (Å²) < 4.78 is 14.0. The van der Waals surface area contributed by atoms with Gasteiger partial charge in [0, 0.05) is 16.3 Å². The number of halogens is 1. The van der Waals surface area contributed by atoms with E-state index in [2.05, 4.69) is 5.32 Å². The van der Waals surface area contributed by atoms with Crippen molar-refractivity contribution < 1.29 is 14.0 Å². The van der Waals surface area contributed by atoms with Gasteiger partial charge in [-0.3, -0.25) is 14.5 Å². The summed E-state index contributed by atoms with van der Waals surface area (Å²) in [5, 5.41) is 4.62. The summed E-state index contributed by atoms with van der Waals surface area (Å²) in [7, 11) is 0. The Labute approximate surface area is 176 Å². The first-order chi connectivity index (χ1) is 14.0. The van der Waals surface area contributed by atoms with Crippen molar-refractivity contribution in [1.29, 1.82) is 0 Å². The molecule has 4 nitrogen and oxygen atoms in total. The van der Waals surface area contributed by atoms with E-state index in [-0.39, 0.29) is 23.0 Å². The lowest BCUT2D eigenvalue weighted by molar-refractivity contribution is -0.116. The third kappa shape index (κ3) is 4.36. The summed E-state index contributed by atoms with van der Waals surface area (Å²) in [6.07, 6.45) is 0.346. The molecule has 1 N–H and O–H groups in total. The van der Waals surface area contributed by atoms with E-state index in [1.54, 1.807) is 35.3 Å². The maximum Gasteiger partial charge on any atom is 0.238 e. The summed E-state index contributed by atoms with van der Waals surface area (Å²) in [4.78, 5) is 27.3. The molecule has 3 aromatic rings. The first-order valence-corrected chi connectivity index (χ1v) is 11.1. The molecule has 1 aromatic heterocycles. The maximum absolute atomic E-state index is 14.0. The molecule has 0 saturated carbocycles. The molecule has 0 bridgehead atoms. The van der Waals surface area contributed by atoms with E-state index < -0.39 is 0 Å². The highest BCUT2D eigenvalue weighted by atomic mass is 32.2. The van der Waals surface area contributed by atoms with Crippen molar-refractivity contribution in [2.45, 2.75) is 18.7 Å². The summed E-state index contributed by atoms with van der Waals surface area (Å²) >= 11 is 3.06. The molecule has 0 radical (unpaired) electrons. The largest absolute Gasteiger partial charge is 0.326 e. The Morgan fingerprint density at radius 2 is 2.00 bits per heavy atom. The van der Waals surface area contributed by atoms with Crippen molar-refractivity contribution in [3.8, 4) is 0 Å². The molecule has 2 aromatic carbocycles. The lowest BCUT2D eigenvalue weighted by Gasteiger charge is -2.24. The minimum Gasteiger partial charge on any atom is -0.326 e. The Hall–Kier alpha value is -2.64. The number of hydrogen-bond acceptors (Lipinski definition) is 4. The number of aryl methyl sites for hydroxylation is 1. The minimum atomic E-state index is -0.324. The summed E-state index contributed by atoms with van der Waals surface area (Å²) in [5.74, 6) is -0.0897. The second kappa shape index (κ2) is 8.39. The van der Waals surface area contributed by atoms with Gasteiger partial charge in [-0.15, -0.1) is 23.1 Å². The Bertz CT molecular complexity index is 1040. The zero-order chi connectivity index (χ0) is 20.4. The van der Waals surface area contributed by atoms with Gasteiger partial charge < -0.3 is 5.32 Å². The normalized spacial score (nSPS) is 16.3. The van der Waals surface area contributed by atoms with Crippen LogP contribution in [0.15, 0.2) is 60.0 Å². The number of thiophene rings is 1. The molecule has 2 amide bonds. The van der Waals surface area contributed by atoms with Crippen LogP contribution >= 0.6 is 23.1 Å². The van der Waals surface area contributed by atoms with Crippen LogP contribution in [0, 0.1) is 12.7 Å². The predicted octanol–water partition coefficient (Wildman–Crippen LogP) is 5.16. The number of benzene rings is 2. The van der Waals surface area contributed by atoms with Gasteiger partial charge in [0.25, 0.3) is 0 Å². The molecule has 1 aliphatic rings. The van der Waals surface area contributed by atoms with E-state index in [1.807, 2.05) is 41.8 Å². The lowest BCUT2D eigenvalue weighted by Crippen LogP contribution is -2.28. The van der Waals surface area contributed by atoms with Crippen LogP contribution in [0.3, 0.4) is 0 Å².